The molecule has 0 bridgehead atoms. The van der Waals surface area contributed by atoms with Crippen molar-refractivity contribution in [1.82, 2.24) is 21.1 Å². The van der Waals surface area contributed by atoms with Gasteiger partial charge in [-0.05, 0) is 48.8 Å². The maximum atomic E-state index is 13.3. The van der Waals surface area contributed by atoms with Crippen LogP contribution in [-0.4, -0.2) is 68.3 Å². The molecule has 1 aromatic rings. The molecule has 6 nitrogen and oxygen atoms in total. The molecule has 0 radical (unpaired) electrons. The molecule has 1 saturated carbocycles. The number of anilines is 1. The number of nitrogens with one attached hydrogen (secondary N) is 3. The smallest absolute Gasteiger partial charge is 0.369 e. The van der Waals surface area contributed by atoms with E-state index in [4.69, 9.17) is 0 Å². The topological polar surface area (TPSA) is 59.6 Å². The number of nitrogens with zero attached hydrogens (tertiary/aromatic N) is 2. The van der Waals surface area contributed by atoms with E-state index in [9.17, 15) is 18.0 Å². The Bertz CT molecular complexity index is 795. The fourth-order valence-corrected chi connectivity index (χ4v) is 6.06. The largest absolute Gasteiger partial charge is 0.406 e. The van der Waals surface area contributed by atoms with Gasteiger partial charge >= 0.3 is 6.18 Å². The zero-order valence-electron chi connectivity index (χ0n) is 17.5. The molecule has 9 heteroatoms. The van der Waals surface area contributed by atoms with E-state index in [1.807, 2.05) is 0 Å². The third-order valence-electron chi connectivity index (χ3n) is 7.55. The Morgan fingerprint density at radius 1 is 1.06 bits per heavy atom. The first kappa shape index (κ1) is 21.0. The molecule has 0 spiro atoms. The molecule has 3 aliphatic heterocycles. The summed E-state index contributed by atoms with van der Waals surface area (Å²) in [6, 6.07) is 8.06. The molecule has 3 saturated heterocycles. The molecule has 1 amide bonds. The fraction of sp³-hybridized carbons (Fsp3) is 0.682. The van der Waals surface area contributed by atoms with Crippen molar-refractivity contribution < 1.29 is 18.0 Å². The van der Waals surface area contributed by atoms with Gasteiger partial charge < -0.3 is 15.1 Å². The van der Waals surface area contributed by atoms with Crippen LogP contribution in [0.1, 0.15) is 30.7 Å². The maximum Gasteiger partial charge on any atom is 0.406 e. The summed E-state index contributed by atoms with van der Waals surface area (Å²) in [5.41, 5.74) is 8.54. The van der Waals surface area contributed by atoms with Crippen molar-refractivity contribution in [2.45, 2.75) is 43.4 Å². The number of hydrogen-bond acceptors (Lipinski definition) is 5. The van der Waals surface area contributed by atoms with Gasteiger partial charge in [0.05, 0.1) is 5.92 Å². The molecule has 4 fully saturated rings. The monoisotopic (exact) mass is 437 g/mol. The van der Waals surface area contributed by atoms with Gasteiger partial charge in [0.2, 0.25) is 5.91 Å². The van der Waals surface area contributed by atoms with Crippen LogP contribution >= 0.6 is 0 Å². The van der Waals surface area contributed by atoms with E-state index in [1.165, 1.54) is 5.69 Å². The SMILES string of the molecule is O=C1C2CNNC2C2CCC(c3ccc(N4CCNCC4)cc3)CC2N1CC(F)(F)F. The number of likely N-dealkylation sites (tertiary alicyclic amines) is 1. The van der Waals surface area contributed by atoms with Crippen molar-refractivity contribution in [3.63, 3.8) is 0 Å². The Morgan fingerprint density at radius 3 is 2.52 bits per heavy atom. The maximum absolute atomic E-state index is 13.3. The first-order chi connectivity index (χ1) is 14.9. The predicted octanol–water partition coefficient (Wildman–Crippen LogP) is 1.85. The van der Waals surface area contributed by atoms with Gasteiger partial charge in [0.1, 0.15) is 6.54 Å². The number of benzene rings is 1. The minimum atomic E-state index is -4.38. The Morgan fingerprint density at radius 2 is 1.81 bits per heavy atom. The van der Waals surface area contributed by atoms with Gasteiger partial charge in [-0.1, -0.05) is 12.1 Å². The quantitative estimate of drug-likeness (QED) is 0.674. The summed E-state index contributed by atoms with van der Waals surface area (Å²) in [6.45, 7) is 3.15. The van der Waals surface area contributed by atoms with E-state index in [0.717, 1.165) is 49.5 Å². The van der Waals surface area contributed by atoms with Crippen LogP contribution in [0.3, 0.4) is 0 Å². The highest BCUT2D eigenvalue weighted by Crippen LogP contribution is 2.45. The molecule has 3 N–H and O–H groups in total. The molecule has 5 unspecified atom stereocenters. The van der Waals surface area contributed by atoms with E-state index < -0.39 is 18.6 Å². The highest BCUT2D eigenvalue weighted by Gasteiger charge is 2.54. The molecule has 170 valence electrons. The minimum Gasteiger partial charge on any atom is -0.369 e. The van der Waals surface area contributed by atoms with Crippen LogP contribution in [0, 0.1) is 11.8 Å². The Labute approximate surface area is 180 Å². The van der Waals surface area contributed by atoms with E-state index >= 15 is 0 Å². The van der Waals surface area contributed by atoms with Crippen LogP contribution in [0.5, 0.6) is 0 Å². The highest BCUT2D eigenvalue weighted by molar-refractivity contribution is 5.82. The molecule has 4 aliphatic rings. The first-order valence-electron chi connectivity index (χ1n) is 11.3. The van der Waals surface area contributed by atoms with Crippen molar-refractivity contribution in [1.29, 1.82) is 0 Å². The summed E-state index contributed by atoms with van der Waals surface area (Å²) >= 11 is 0. The average molecular weight is 438 g/mol. The second-order valence-electron chi connectivity index (χ2n) is 9.31. The number of hydrazine groups is 1. The summed E-state index contributed by atoms with van der Waals surface area (Å²) in [5, 5.41) is 3.35. The van der Waals surface area contributed by atoms with Crippen LogP contribution in [0.25, 0.3) is 0 Å². The normalized spacial score (nSPS) is 33.9. The second kappa shape index (κ2) is 8.26. The number of fused-ring (bicyclic) bond motifs is 3. The number of rotatable bonds is 3. The number of hydrogen-bond donors (Lipinski definition) is 3. The average Bonchev–Trinajstić information content (AvgIpc) is 3.27. The van der Waals surface area contributed by atoms with Gasteiger partial charge in [0.25, 0.3) is 0 Å². The van der Waals surface area contributed by atoms with Gasteiger partial charge in [-0.2, -0.15) is 13.2 Å². The number of piperidine rings is 1. The first-order valence-corrected chi connectivity index (χ1v) is 11.3. The van der Waals surface area contributed by atoms with E-state index in [0.29, 0.717) is 13.0 Å². The Hall–Kier alpha value is -1.84. The second-order valence-corrected chi connectivity index (χ2v) is 9.31. The van der Waals surface area contributed by atoms with Crippen LogP contribution in [-0.2, 0) is 4.79 Å². The molecule has 5 atom stereocenters. The molecule has 1 aromatic carbocycles. The predicted molar refractivity (Wildman–Crippen MR) is 112 cm³/mol. The van der Waals surface area contributed by atoms with Crippen molar-refractivity contribution in [3.05, 3.63) is 29.8 Å². The summed E-state index contributed by atoms with van der Waals surface area (Å²) in [5.74, 6) is -0.543. The van der Waals surface area contributed by atoms with Gasteiger partial charge in [-0.3, -0.25) is 15.6 Å². The van der Waals surface area contributed by atoms with Gasteiger partial charge in [-0.15, -0.1) is 0 Å². The molecule has 31 heavy (non-hydrogen) atoms. The number of carbonyl (C=O) groups excluding carboxylic acids is 1. The van der Waals surface area contributed by atoms with Gasteiger partial charge in [0, 0.05) is 50.5 Å². The van der Waals surface area contributed by atoms with Crippen molar-refractivity contribution in [3.8, 4) is 0 Å². The van der Waals surface area contributed by atoms with Crippen LogP contribution in [0.2, 0.25) is 0 Å². The van der Waals surface area contributed by atoms with Crippen LogP contribution in [0.4, 0.5) is 18.9 Å². The minimum absolute atomic E-state index is 0.0522. The fourth-order valence-electron chi connectivity index (χ4n) is 6.06. The van der Waals surface area contributed by atoms with Crippen molar-refractivity contribution in [2.75, 3.05) is 44.2 Å². The van der Waals surface area contributed by atoms with E-state index in [-0.39, 0.29) is 29.8 Å². The Balaban J connectivity index is 1.34. The van der Waals surface area contributed by atoms with E-state index in [1.54, 1.807) is 0 Å². The number of amides is 1. The molecule has 1 aliphatic carbocycles. The van der Waals surface area contributed by atoms with Crippen molar-refractivity contribution >= 4 is 11.6 Å². The molecular formula is C22H30F3N5O. The van der Waals surface area contributed by atoms with Gasteiger partial charge in [0.15, 0.2) is 0 Å². The molecular weight excluding hydrogens is 407 g/mol. The van der Waals surface area contributed by atoms with E-state index in [2.05, 4.69) is 45.3 Å². The van der Waals surface area contributed by atoms with Crippen molar-refractivity contribution in [2.24, 2.45) is 11.8 Å². The number of halogens is 3. The number of alkyl halides is 3. The lowest BCUT2D eigenvalue weighted by atomic mass is 9.67. The molecule has 0 aromatic heterocycles. The lowest BCUT2D eigenvalue weighted by molar-refractivity contribution is -0.178. The number of carbonyl (C=O) groups is 1. The summed E-state index contributed by atoms with van der Waals surface area (Å²) in [4.78, 5) is 16.4. The van der Waals surface area contributed by atoms with Gasteiger partial charge in [-0.25, -0.2) is 0 Å². The Kier molecular flexibility index (Phi) is 5.60. The summed E-state index contributed by atoms with van der Waals surface area (Å²) < 4.78 is 40.0. The van der Waals surface area contributed by atoms with Crippen LogP contribution < -0.4 is 21.1 Å². The highest BCUT2D eigenvalue weighted by atomic mass is 19.4. The lowest BCUT2D eigenvalue weighted by Gasteiger charge is -2.50. The zero-order valence-corrected chi connectivity index (χ0v) is 17.5. The van der Waals surface area contributed by atoms with Crippen LogP contribution in [0.15, 0.2) is 24.3 Å². The third-order valence-corrected chi connectivity index (χ3v) is 7.55. The summed E-state index contributed by atoms with van der Waals surface area (Å²) in [6.07, 6.45) is -2.03. The zero-order chi connectivity index (χ0) is 21.6. The molecule has 3 heterocycles. The summed E-state index contributed by atoms with van der Waals surface area (Å²) in [7, 11) is 0. The standard InChI is InChI=1S/C22H30F3N5O/c23-22(24,25)13-30-19-11-15(3-6-17(19)20-18(21(30)31)12-27-28-20)14-1-4-16(5-2-14)29-9-7-26-8-10-29/h1-2,4-5,15,17-20,26-28H,3,6-13H2. The lowest BCUT2D eigenvalue weighted by Crippen LogP contribution is -2.63. The molecule has 5 rings (SSSR count). The number of piperazine rings is 1. The third kappa shape index (κ3) is 4.15.